The van der Waals surface area contributed by atoms with Crippen LogP contribution in [0.4, 0.5) is 0 Å². The zero-order valence-electron chi connectivity index (χ0n) is 19.0. The average Bonchev–Trinajstić information content (AvgIpc) is 2.96. The number of hydrogen-bond acceptors (Lipinski definition) is 4. The minimum Gasteiger partial charge on any atom is -0.497 e. The molecular weight excluding hydrogens is 474 g/mol. The van der Waals surface area contributed by atoms with Crippen LogP contribution in [0.1, 0.15) is 44.9 Å². The Hall–Kier alpha value is -1.92. The molecule has 0 aliphatic heterocycles. The van der Waals surface area contributed by atoms with Gasteiger partial charge in [0, 0.05) is 37.8 Å². The molecule has 0 amide bonds. The Morgan fingerprint density at radius 1 is 1.19 bits per heavy atom. The van der Waals surface area contributed by atoms with Crippen molar-refractivity contribution in [2.24, 2.45) is 7.05 Å². The van der Waals surface area contributed by atoms with Crippen molar-refractivity contribution in [1.82, 2.24) is 4.57 Å². The average molecular weight is 504 g/mol. The van der Waals surface area contributed by atoms with Gasteiger partial charge in [-0.2, -0.15) is 0 Å². The molecule has 1 atom stereocenters. The Morgan fingerprint density at radius 2 is 1.94 bits per heavy atom. The molecule has 3 rings (SSSR count). The molecule has 0 saturated carbocycles. The lowest BCUT2D eigenvalue weighted by atomic mass is 9.95. The van der Waals surface area contributed by atoms with Crippen molar-refractivity contribution in [1.29, 1.82) is 0 Å². The Bertz CT molecular complexity index is 1080. The van der Waals surface area contributed by atoms with Crippen molar-refractivity contribution < 1.29 is 14.3 Å². The van der Waals surface area contributed by atoms with Crippen molar-refractivity contribution in [2.75, 3.05) is 13.7 Å². The molecule has 0 bridgehead atoms. The lowest BCUT2D eigenvalue weighted by molar-refractivity contribution is -0.145. The molecule has 1 heterocycles. The van der Waals surface area contributed by atoms with Gasteiger partial charge in [0.15, 0.2) is 0 Å². The molecule has 1 unspecified atom stereocenters. The summed E-state index contributed by atoms with van der Waals surface area (Å²) >= 11 is 5.33. The first-order valence-electron chi connectivity index (χ1n) is 10.4. The molecule has 31 heavy (non-hydrogen) atoms. The summed E-state index contributed by atoms with van der Waals surface area (Å²) in [4.78, 5) is 14.3. The van der Waals surface area contributed by atoms with Crippen LogP contribution in [-0.2, 0) is 23.0 Å². The zero-order valence-corrected chi connectivity index (χ0v) is 21.4. The highest BCUT2D eigenvalue weighted by Gasteiger charge is 2.32. The first-order valence-corrected chi connectivity index (χ1v) is 12.0. The number of fused-ring (bicyclic) bond motifs is 1. The molecule has 166 valence electrons. The van der Waals surface area contributed by atoms with E-state index in [1.807, 2.05) is 32.2 Å². The molecule has 0 fully saturated rings. The minimum absolute atomic E-state index is 0.0267. The van der Waals surface area contributed by atoms with E-state index >= 15 is 0 Å². The topological polar surface area (TPSA) is 40.5 Å². The van der Waals surface area contributed by atoms with E-state index in [1.165, 1.54) is 0 Å². The zero-order chi connectivity index (χ0) is 22.8. The van der Waals surface area contributed by atoms with E-state index in [4.69, 9.17) is 9.47 Å². The quantitative estimate of drug-likeness (QED) is 0.264. The van der Waals surface area contributed by atoms with Crippen molar-refractivity contribution in [3.8, 4) is 5.75 Å². The first kappa shape index (κ1) is 23.7. The number of nitrogens with zero attached hydrogens (tertiary/aromatic N) is 1. The second-order valence-corrected chi connectivity index (χ2v) is 11.3. The number of aryl methyl sites for hydroxylation is 1. The Balaban J connectivity index is 2.24. The van der Waals surface area contributed by atoms with Gasteiger partial charge in [0.2, 0.25) is 0 Å². The number of rotatable bonds is 7. The number of carbonyl (C=O) groups excluding carboxylic acids is 1. The molecule has 0 aliphatic carbocycles. The number of carbonyl (C=O) groups is 1. The van der Waals surface area contributed by atoms with Gasteiger partial charge < -0.3 is 14.0 Å². The van der Waals surface area contributed by atoms with Crippen molar-refractivity contribution in [3.05, 3.63) is 58.2 Å². The van der Waals surface area contributed by atoms with Gasteiger partial charge in [-0.1, -0.05) is 48.8 Å². The summed E-state index contributed by atoms with van der Waals surface area (Å²) in [6, 6.07) is 14.2. The third-order valence-corrected chi connectivity index (χ3v) is 6.78. The van der Waals surface area contributed by atoms with Gasteiger partial charge in [-0.05, 0) is 49.2 Å². The smallest absolute Gasteiger partial charge is 0.315 e. The molecule has 1 aromatic heterocycles. The van der Waals surface area contributed by atoms with Gasteiger partial charge >= 0.3 is 5.97 Å². The van der Waals surface area contributed by atoms with Crippen LogP contribution in [0.3, 0.4) is 0 Å². The highest BCUT2D eigenvalue weighted by molar-refractivity contribution is 9.10. The maximum absolute atomic E-state index is 13.2. The summed E-state index contributed by atoms with van der Waals surface area (Å²) < 4.78 is 14.2. The normalized spacial score (nSPS) is 12.7. The van der Waals surface area contributed by atoms with E-state index in [1.54, 1.807) is 18.9 Å². The van der Waals surface area contributed by atoms with E-state index < -0.39 is 5.92 Å². The van der Waals surface area contributed by atoms with E-state index in [9.17, 15) is 4.79 Å². The van der Waals surface area contributed by atoms with Crippen LogP contribution >= 0.6 is 27.7 Å². The maximum atomic E-state index is 13.2. The second kappa shape index (κ2) is 9.70. The number of ether oxygens (including phenoxy) is 2. The van der Waals surface area contributed by atoms with Gasteiger partial charge in [0.1, 0.15) is 11.7 Å². The van der Waals surface area contributed by atoms with Crippen molar-refractivity contribution >= 4 is 44.6 Å². The maximum Gasteiger partial charge on any atom is 0.315 e. The van der Waals surface area contributed by atoms with Gasteiger partial charge in [-0.25, -0.2) is 0 Å². The van der Waals surface area contributed by atoms with Gasteiger partial charge in [0.25, 0.3) is 0 Å². The summed E-state index contributed by atoms with van der Waals surface area (Å²) in [5.41, 5.74) is 3.15. The van der Waals surface area contributed by atoms with Crippen molar-refractivity contribution in [3.63, 3.8) is 0 Å². The molecule has 0 N–H and O–H groups in total. The van der Waals surface area contributed by atoms with E-state index in [0.717, 1.165) is 37.3 Å². The fourth-order valence-corrected chi connectivity index (χ4v) is 5.49. The summed E-state index contributed by atoms with van der Waals surface area (Å²) in [6.45, 7) is 8.77. The van der Waals surface area contributed by atoms with Crippen LogP contribution in [-0.4, -0.2) is 29.0 Å². The molecule has 2 aromatic carbocycles. The van der Waals surface area contributed by atoms with Crippen LogP contribution in [0.2, 0.25) is 0 Å². The lowest BCUT2D eigenvalue weighted by Gasteiger charge is -2.23. The molecule has 0 radical (unpaired) electrons. The molecule has 3 aromatic rings. The standard InChI is InChI=1S/C25H30BrNO3S/c1-7-30-24(28)20(14-16-9-8-10-17(26)13-16)22-23(31-25(2,3)4)19-15-18(29-6)11-12-21(19)27(22)5/h8-13,15,20H,7,14H2,1-6H3. The van der Waals surface area contributed by atoms with Crippen LogP contribution in [0.5, 0.6) is 5.75 Å². The van der Waals surface area contributed by atoms with Crippen molar-refractivity contribution in [2.45, 2.75) is 49.7 Å². The molecule has 6 heteroatoms. The molecule has 0 saturated heterocycles. The van der Waals surface area contributed by atoms with Gasteiger partial charge in [-0.3, -0.25) is 4.79 Å². The van der Waals surface area contributed by atoms with E-state index in [-0.39, 0.29) is 10.7 Å². The number of thioether (sulfide) groups is 1. The third-order valence-electron chi connectivity index (χ3n) is 5.04. The van der Waals surface area contributed by atoms with Crippen LogP contribution in [0, 0.1) is 0 Å². The third kappa shape index (κ3) is 5.47. The van der Waals surface area contributed by atoms with Crippen LogP contribution < -0.4 is 4.74 Å². The fourth-order valence-electron chi connectivity index (χ4n) is 3.78. The van der Waals surface area contributed by atoms with Gasteiger partial charge in [0.05, 0.1) is 13.7 Å². The Kier molecular flexibility index (Phi) is 7.43. The fraction of sp³-hybridized carbons (Fsp3) is 0.400. The predicted octanol–water partition coefficient (Wildman–Crippen LogP) is 6.73. The summed E-state index contributed by atoms with van der Waals surface area (Å²) in [5, 5.41) is 1.10. The number of esters is 1. The highest BCUT2D eigenvalue weighted by Crippen LogP contribution is 2.45. The Morgan fingerprint density at radius 3 is 2.55 bits per heavy atom. The van der Waals surface area contributed by atoms with E-state index in [0.29, 0.717) is 13.0 Å². The largest absolute Gasteiger partial charge is 0.497 e. The lowest BCUT2D eigenvalue weighted by Crippen LogP contribution is -2.22. The molecule has 0 aliphatic rings. The number of hydrogen-bond donors (Lipinski definition) is 0. The number of benzene rings is 2. The summed E-state index contributed by atoms with van der Waals surface area (Å²) in [5.74, 6) is 0.193. The molecule has 4 nitrogen and oxygen atoms in total. The summed E-state index contributed by atoms with van der Waals surface area (Å²) in [7, 11) is 3.71. The highest BCUT2D eigenvalue weighted by atomic mass is 79.9. The van der Waals surface area contributed by atoms with Gasteiger partial charge in [-0.15, -0.1) is 11.8 Å². The Labute approximate surface area is 197 Å². The second-order valence-electron chi connectivity index (χ2n) is 8.51. The first-order chi connectivity index (χ1) is 14.6. The number of methoxy groups -OCH3 is 1. The molecular formula is C25H30BrNO3S. The summed E-state index contributed by atoms with van der Waals surface area (Å²) in [6.07, 6.45) is 0.567. The van der Waals surface area contributed by atoms with Crippen LogP contribution in [0.15, 0.2) is 51.8 Å². The molecule has 0 spiro atoms. The minimum atomic E-state index is -0.414. The number of aromatic nitrogens is 1. The SMILES string of the molecule is CCOC(=O)C(Cc1cccc(Br)c1)c1c(SC(C)(C)C)c2cc(OC)ccc2n1C. The van der Waals surface area contributed by atoms with E-state index in [2.05, 4.69) is 65.5 Å². The number of halogens is 1. The monoisotopic (exact) mass is 503 g/mol. The van der Waals surface area contributed by atoms with Crippen LogP contribution in [0.25, 0.3) is 10.9 Å². The predicted molar refractivity (Wildman–Crippen MR) is 132 cm³/mol.